The van der Waals surface area contributed by atoms with E-state index in [0.717, 1.165) is 5.56 Å². The van der Waals surface area contributed by atoms with Gasteiger partial charge in [-0.3, -0.25) is 14.5 Å². The zero-order valence-corrected chi connectivity index (χ0v) is 20.9. The molecule has 7 nitrogen and oxygen atoms in total. The summed E-state index contributed by atoms with van der Waals surface area (Å²) in [5.41, 5.74) is 2.29. The highest BCUT2D eigenvalue weighted by molar-refractivity contribution is 6.51. The van der Waals surface area contributed by atoms with Crippen LogP contribution in [0.25, 0.3) is 5.76 Å². The molecule has 0 aromatic heterocycles. The van der Waals surface area contributed by atoms with Crippen molar-refractivity contribution in [3.63, 3.8) is 0 Å². The number of anilines is 1. The molecule has 1 aliphatic heterocycles. The highest BCUT2D eigenvalue weighted by Crippen LogP contribution is 2.43. The summed E-state index contributed by atoms with van der Waals surface area (Å²) in [5.74, 6) is 0.0113. The van der Waals surface area contributed by atoms with Gasteiger partial charge in [0, 0.05) is 17.3 Å². The Bertz CT molecular complexity index is 1340. The summed E-state index contributed by atoms with van der Waals surface area (Å²) >= 11 is 0. The van der Waals surface area contributed by atoms with Crippen molar-refractivity contribution in [2.75, 3.05) is 19.1 Å². The molecule has 1 unspecified atom stereocenters. The summed E-state index contributed by atoms with van der Waals surface area (Å²) in [7, 11) is 3.09. The van der Waals surface area contributed by atoms with E-state index in [0.29, 0.717) is 34.1 Å². The molecule has 0 aliphatic carbocycles. The van der Waals surface area contributed by atoms with Gasteiger partial charge in [-0.2, -0.15) is 0 Å². The van der Waals surface area contributed by atoms with Crippen molar-refractivity contribution in [1.82, 2.24) is 0 Å². The van der Waals surface area contributed by atoms with Gasteiger partial charge >= 0.3 is 0 Å². The fraction of sp³-hybridized carbons (Fsp3) is 0.241. The van der Waals surface area contributed by atoms with E-state index < -0.39 is 17.7 Å². The first-order chi connectivity index (χ1) is 17.2. The van der Waals surface area contributed by atoms with Crippen molar-refractivity contribution < 1.29 is 28.9 Å². The third-order valence-electron chi connectivity index (χ3n) is 5.99. The Kier molecular flexibility index (Phi) is 7.01. The van der Waals surface area contributed by atoms with E-state index in [2.05, 4.69) is 0 Å². The summed E-state index contributed by atoms with van der Waals surface area (Å²) in [6.45, 7) is 5.68. The number of amides is 1. The lowest BCUT2D eigenvalue weighted by molar-refractivity contribution is -0.132. The number of carbonyl (C=O) groups excluding carboxylic acids is 2. The first kappa shape index (κ1) is 24.9. The molecule has 1 N–H and O–H groups in total. The van der Waals surface area contributed by atoms with E-state index in [4.69, 9.17) is 14.2 Å². The van der Waals surface area contributed by atoms with Gasteiger partial charge in [-0.15, -0.1) is 0 Å². The Labute approximate surface area is 210 Å². The van der Waals surface area contributed by atoms with Crippen LogP contribution in [0.4, 0.5) is 5.69 Å². The minimum absolute atomic E-state index is 0.00548. The van der Waals surface area contributed by atoms with Gasteiger partial charge in [0.2, 0.25) is 0 Å². The molecule has 1 atom stereocenters. The van der Waals surface area contributed by atoms with Crippen LogP contribution >= 0.6 is 0 Å². The lowest BCUT2D eigenvalue weighted by atomic mass is 9.94. The second-order valence-electron chi connectivity index (χ2n) is 8.79. The second-order valence-corrected chi connectivity index (χ2v) is 8.79. The van der Waals surface area contributed by atoms with E-state index in [1.165, 1.54) is 12.0 Å². The van der Waals surface area contributed by atoms with Crippen molar-refractivity contribution in [2.45, 2.75) is 32.9 Å². The van der Waals surface area contributed by atoms with E-state index in [9.17, 15) is 14.7 Å². The third kappa shape index (κ3) is 4.64. The van der Waals surface area contributed by atoms with Gasteiger partial charge in [0.1, 0.15) is 23.0 Å². The van der Waals surface area contributed by atoms with Gasteiger partial charge in [0.25, 0.3) is 11.7 Å². The van der Waals surface area contributed by atoms with Gasteiger partial charge in [0.15, 0.2) is 0 Å². The first-order valence-corrected chi connectivity index (χ1v) is 11.6. The van der Waals surface area contributed by atoms with E-state index in [-0.39, 0.29) is 17.4 Å². The van der Waals surface area contributed by atoms with Gasteiger partial charge in [-0.05, 0) is 74.4 Å². The summed E-state index contributed by atoms with van der Waals surface area (Å²) in [6.07, 6.45) is -0.0627. The molecule has 0 spiro atoms. The number of Topliss-reactive ketones (excluding diaryl/α,β-unsaturated/α-hetero) is 1. The van der Waals surface area contributed by atoms with Crippen LogP contribution in [0.5, 0.6) is 17.2 Å². The number of carbonyl (C=O) groups is 2. The Balaban J connectivity index is 1.94. The first-order valence-electron chi connectivity index (χ1n) is 11.6. The third-order valence-corrected chi connectivity index (χ3v) is 5.99. The molecule has 1 fully saturated rings. The molecular weight excluding hydrogens is 458 g/mol. The standard InChI is InChI=1S/C29H29NO6/c1-17(2)36-23-11-6-8-19(15-23)26-25(27(31)20-12-13-24(35-5)18(3)14-20)28(32)29(33)30(26)21-9-7-10-22(16-21)34-4/h6-17,26,31H,1-5H3/b27-25+. The molecule has 3 aromatic rings. The Morgan fingerprint density at radius 2 is 1.64 bits per heavy atom. The molecule has 1 saturated heterocycles. The topological polar surface area (TPSA) is 85.3 Å². The highest BCUT2D eigenvalue weighted by atomic mass is 16.5. The van der Waals surface area contributed by atoms with Gasteiger partial charge in [0.05, 0.1) is 31.9 Å². The Morgan fingerprint density at radius 3 is 2.31 bits per heavy atom. The predicted octanol–water partition coefficient (Wildman–Crippen LogP) is 5.43. The largest absolute Gasteiger partial charge is 0.507 e. The summed E-state index contributed by atoms with van der Waals surface area (Å²) in [5, 5.41) is 11.4. The molecule has 0 saturated carbocycles. The maximum Gasteiger partial charge on any atom is 0.300 e. The van der Waals surface area contributed by atoms with Crippen LogP contribution in [0.3, 0.4) is 0 Å². The molecule has 4 rings (SSSR count). The number of methoxy groups -OCH3 is 2. The Hall–Kier alpha value is -4.26. The molecule has 0 radical (unpaired) electrons. The molecule has 7 heteroatoms. The molecule has 3 aromatic carbocycles. The van der Waals surface area contributed by atoms with Gasteiger partial charge in [-0.1, -0.05) is 18.2 Å². The van der Waals surface area contributed by atoms with Crippen molar-refractivity contribution in [2.24, 2.45) is 0 Å². The lowest BCUT2D eigenvalue weighted by Crippen LogP contribution is -2.29. The lowest BCUT2D eigenvalue weighted by Gasteiger charge is -2.26. The molecule has 1 amide bonds. The van der Waals surface area contributed by atoms with Crippen molar-refractivity contribution in [3.8, 4) is 17.2 Å². The second kappa shape index (κ2) is 10.2. The van der Waals surface area contributed by atoms with Crippen LogP contribution in [0.1, 0.15) is 36.6 Å². The number of aliphatic hydroxyl groups excluding tert-OH is 1. The van der Waals surface area contributed by atoms with Crippen LogP contribution in [0.2, 0.25) is 0 Å². The van der Waals surface area contributed by atoms with Crippen molar-refractivity contribution >= 4 is 23.1 Å². The van der Waals surface area contributed by atoms with Gasteiger partial charge in [-0.25, -0.2) is 0 Å². The summed E-state index contributed by atoms with van der Waals surface area (Å²) in [6, 6.07) is 18.4. The number of benzene rings is 3. The van der Waals surface area contributed by atoms with Gasteiger partial charge < -0.3 is 19.3 Å². The quantitative estimate of drug-likeness (QED) is 0.272. The van der Waals surface area contributed by atoms with E-state index in [1.807, 2.05) is 32.9 Å². The summed E-state index contributed by atoms with van der Waals surface area (Å²) < 4.78 is 16.5. The SMILES string of the molecule is COc1cccc(N2C(=O)C(=O)/C(=C(/O)c3ccc(OC)c(C)c3)C2c2cccc(OC(C)C)c2)c1. The van der Waals surface area contributed by atoms with Crippen molar-refractivity contribution in [1.29, 1.82) is 0 Å². The minimum atomic E-state index is -0.879. The molecule has 186 valence electrons. The average Bonchev–Trinajstić information content (AvgIpc) is 3.13. The average molecular weight is 488 g/mol. The number of nitrogens with zero attached hydrogens (tertiary/aromatic N) is 1. The molecule has 1 heterocycles. The zero-order chi connectivity index (χ0) is 26.0. The smallest absolute Gasteiger partial charge is 0.300 e. The highest BCUT2D eigenvalue weighted by Gasteiger charge is 2.47. The number of hydrogen-bond donors (Lipinski definition) is 1. The number of aryl methyl sites for hydroxylation is 1. The Morgan fingerprint density at radius 1 is 0.917 bits per heavy atom. The van der Waals surface area contributed by atoms with E-state index in [1.54, 1.807) is 61.7 Å². The number of ether oxygens (including phenoxy) is 3. The monoisotopic (exact) mass is 487 g/mol. The normalized spacial score (nSPS) is 16.9. The van der Waals surface area contributed by atoms with Crippen LogP contribution < -0.4 is 19.1 Å². The maximum atomic E-state index is 13.4. The van der Waals surface area contributed by atoms with E-state index >= 15 is 0 Å². The van der Waals surface area contributed by atoms with Crippen LogP contribution in [-0.2, 0) is 9.59 Å². The summed E-state index contributed by atoms with van der Waals surface area (Å²) in [4.78, 5) is 28.2. The number of rotatable bonds is 7. The predicted molar refractivity (Wildman–Crippen MR) is 138 cm³/mol. The molecule has 36 heavy (non-hydrogen) atoms. The maximum absolute atomic E-state index is 13.4. The fourth-order valence-corrected chi connectivity index (χ4v) is 4.39. The van der Waals surface area contributed by atoms with Crippen molar-refractivity contribution in [3.05, 3.63) is 89.0 Å². The molecular formula is C29H29NO6. The molecule has 0 bridgehead atoms. The molecule has 1 aliphatic rings. The fourth-order valence-electron chi connectivity index (χ4n) is 4.39. The van der Waals surface area contributed by atoms with Crippen LogP contribution in [0, 0.1) is 6.92 Å². The minimum Gasteiger partial charge on any atom is -0.507 e. The van der Waals surface area contributed by atoms with Crippen LogP contribution in [0.15, 0.2) is 72.3 Å². The number of hydrogen-bond acceptors (Lipinski definition) is 6. The zero-order valence-electron chi connectivity index (χ0n) is 20.9. The number of ketones is 1. The van der Waals surface area contributed by atoms with Crippen LogP contribution in [-0.4, -0.2) is 37.1 Å². The number of aliphatic hydroxyl groups is 1.